The molecule has 0 spiro atoms. The number of furan rings is 1. The minimum Gasteiger partial charge on any atom is -0.457 e. The monoisotopic (exact) mass is 280 g/mol. The molecule has 1 N–H and O–H groups in total. The molecule has 19 heavy (non-hydrogen) atoms. The highest BCUT2D eigenvalue weighted by atomic mass is 35.5. The smallest absolute Gasteiger partial charge is 0.374 e. The van der Waals surface area contributed by atoms with Gasteiger partial charge in [-0.25, -0.2) is 9.78 Å². The lowest BCUT2D eigenvalue weighted by Gasteiger charge is -2.06. The number of rotatable bonds is 4. The lowest BCUT2D eigenvalue weighted by Crippen LogP contribution is -2.21. The molecule has 0 aromatic carbocycles. The van der Waals surface area contributed by atoms with Gasteiger partial charge in [-0.1, -0.05) is 11.6 Å². The van der Waals surface area contributed by atoms with Crippen LogP contribution in [0.15, 0.2) is 41.1 Å². The van der Waals surface area contributed by atoms with Crippen molar-refractivity contribution in [3.63, 3.8) is 0 Å². The van der Waals surface area contributed by atoms with Crippen LogP contribution in [0.1, 0.15) is 10.6 Å². The Morgan fingerprint density at radius 1 is 1.37 bits per heavy atom. The van der Waals surface area contributed by atoms with Crippen molar-refractivity contribution in [2.45, 2.75) is 0 Å². The lowest BCUT2D eigenvalue weighted by molar-refractivity contribution is -0.119. The van der Waals surface area contributed by atoms with E-state index in [4.69, 9.17) is 20.8 Å². The van der Waals surface area contributed by atoms with E-state index < -0.39 is 18.5 Å². The number of ether oxygens (including phenoxy) is 1. The molecule has 0 bridgehead atoms. The van der Waals surface area contributed by atoms with Crippen LogP contribution in [0.2, 0.25) is 5.15 Å². The van der Waals surface area contributed by atoms with Gasteiger partial charge >= 0.3 is 5.97 Å². The number of anilines is 1. The van der Waals surface area contributed by atoms with Gasteiger partial charge in [0.05, 0.1) is 12.0 Å². The highest BCUT2D eigenvalue weighted by Gasteiger charge is 2.13. The average Bonchev–Trinajstić information content (AvgIpc) is 2.93. The minimum absolute atomic E-state index is 0.0345. The summed E-state index contributed by atoms with van der Waals surface area (Å²) < 4.78 is 9.58. The third-order valence-corrected chi connectivity index (χ3v) is 2.39. The number of nitrogens with zero attached hydrogens (tertiary/aromatic N) is 1. The quantitative estimate of drug-likeness (QED) is 0.685. The van der Waals surface area contributed by atoms with Crippen LogP contribution in [0.3, 0.4) is 0 Å². The Morgan fingerprint density at radius 3 is 2.89 bits per heavy atom. The van der Waals surface area contributed by atoms with Gasteiger partial charge in [-0.3, -0.25) is 4.79 Å². The van der Waals surface area contributed by atoms with Gasteiger partial charge < -0.3 is 14.5 Å². The van der Waals surface area contributed by atoms with Gasteiger partial charge in [-0.05, 0) is 24.3 Å². The number of carbonyl (C=O) groups is 2. The molecule has 0 saturated heterocycles. The third-order valence-electron chi connectivity index (χ3n) is 2.09. The molecule has 7 heteroatoms. The van der Waals surface area contributed by atoms with Crippen molar-refractivity contribution in [3.05, 3.63) is 47.6 Å². The second kappa shape index (κ2) is 6.01. The van der Waals surface area contributed by atoms with Gasteiger partial charge in [-0.15, -0.1) is 0 Å². The molecule has 2 heterocycles. The summed E-state index contributed by atoms with van der Waals surface area (Å²) in [7, 11) is 0. The first-order valence-electron chi connectivity index (χ1n) is 5.28. The highest BCUT2D eigenvalue weighted by molar-refractivity contribution is 6.32. The lowest BCUT2D eigenvalue weighted by atomic mass is 10.4. The number of hydrogen-bond acceptors (Lipinski definition) is 5. The summed E-state index contributed by atoms with van der Waals surface area (Å²) in [6.45, 7) is -0.440. The summed E-state index contributed by atoms with van der Waals surface area (Å²) in [4.78, 5) is 26.7. The maximum atomic E-state index is 11.5. The zero-order valence-corrected chi connectivity index (χ0v) is 10.4. The molecular weight excluding hydrogens is 272 g/mol. The number of carbonyl (C=O) groups excluding carboxylic acids is 2. The van der Waals surface area contributed by atoms with Gasteiger partial charge in [-0.2, -0.15) is 0 Å². The number of hydrogen-bond donors (Lipinski definition) is 1. The van der Waals surface area contributed by atoms with E-state index in [1.807, 2.05) is 0 Å². The van der Waals surface area contributed by atoms with Gasteiger partial charge in [0.25, 0.3) is 5.91 Å². The zero-order chi connectivity index (χ0) is 13.7. The number of nitrogens with one attached hydrogen (secondary N) is 1. The Labute approximate surface area is 113 Å². The van der Waals surface area contributed by atoms with Gasteiger partial charge in [0.2, 0.25) is 5.76 Å². The van der Waals surface area contributed by atoms with Crippen molar-refractivity contribution in [1.29, 1.82) is 0 Å². The topological polar surface area (TPSA) is 81.4 Å². The molecule has 98 valence electrons. The largest absolute Gasteiger partial charge is 0.457 e. The third kappa shape index (κ3) is 3.56. The molecule has 0 aliphatic heterocycles. The van der Waals surface area contributed by atoms with Crippen molar-refractivity contribution >= 4 is 29.2 Å². The fraction of sp³-hybridized carbons (Fsp3) is 0.0833. The molecule has 6 nitrogen and oxygen atoms in total. The minimum atomic E-state index is -0.711. The maximum absolute atomic E-state index is 11.5. The van der Waals surface area contributed by atoms with E-state index in [0.29, 0.717) is 5.69 Å². The molecule has 0 radical (unpaired) electrons. The predicted octanol–water partition coefficient (Wildman–Crippen LogP) is 2.12. The fourth-order valence-corrected chi connectivity index (χ4v) is 1.43. The Hall–Kier alpha value is -2.34. The molecule has 2 aromatic heterocycles. The van der Waals surface area contributed by atoms with E-state index in [1.54, 1.807) is 18.2 Å². The SMILES string of the molecule is O=C(COC(=O)c1ccco1)Nc1cccnc1Cl. The number of esters is 1. The van der Waals surface area contributed by atoms with Crippen molar-refractivity contribution in [2.24, 2.45) is 0 Å². The highest BCUT2D eigenvalue weighted by Crippen LogP contribution is 2.17. The summed E-state index contributed by atoms with van der Waals surface area (Å²) in [5, 5.41) is 2.63. The van der Waals surface area contributed by atoms with E-state index in [0.717, 1.165) is 0 Å². The van der Waals surface area contributed by atoms with E-state index in [1.165, 1.54) is 18.5 Å². The van der Waals surface area contributed by atoms with Crippen molar-refractivity contribution in [1.82, 2.24) is 4.98 Å². The summed E-state index contributed by atoms with van der Waals surface area (Å²) in [6, 6.07) is 6.20. The van der Waals surface area contributed by atoms with Crippen LogP contribution in [0.4, 0.5) is 5.69 Å². The Bertz CT molecular complexity index is 583. The number of amides is 1. The van der Waals surface area contributed by atoms with Crippen LogP contribution in [0, 0.1) is 0 Å². The van der Waals surface area contributed by atoms with Crippen molar-refractivity contribution in [2.75, 3.05) is 11.9 Å². The standard InChI is InChI=1S/C12H9ClN2O4/c13-11-8(3-1-5-14-11)15-10(16)7-19-12(17)9-4-2-6-18-9/h1-6H,7H2,(H,15,16). The van der Waals surface area contributed by atoms with Crippen LogP contribution >= 0.6 is 11.6 Å². The second-order valence-corrected chi connectivity index (χ2v) is 3.80. The normalized spacial score (nSPS) is 9.95. The molecule has 0 unspecified atom stereocenters. The molecule has 0 aliphatic rings. The van der Waals surface area contributed by atoms with E-state index in [9.17, 15) is 9.59 Å². The zero-order valence-electron chi connectivity index (χ0n) is 9.63. The first-order chi connectivity index (χ1) is 9.16. The molecule has 0 atom stereocenters. The van der Waals surface area contributed by atoms with E-state index in [2.05, 4.69) is 10.3 Å². The number of aromatic nitrogens is 1. The number of halogens is 1. The first kappa shape index (κ1) is 13.1. The fourth-order valence-electron chi connectivity index (χ4n) is 1.26. The van der Waals surface area contributed by atoms with Crippen LogP contribution in [-0.2, 0) is 9.53 Å². The van der Waals surface area contributed by atoms with Crippen LogP contribution in [0.25, 0.3) is 0 Å². The summed E-state index contributed by atoms with van der Waals surface area (Å²) >= 11 is 5.76. The molecule has 0 saturated carbocycles. The molecule has 2 rings (SSSR count). The van der Waals surface area contributed by atoms with Gasteiger partial charge in [0.15, 0.2) is 11.8 Å². The first-order valence-corrected chi connectivity index (χ1v) is 5.65. The summed E-state index contributed by atoms with van der Waals surface area (Å²) in [6.07, 6.45) is 2.83. The Morgan fingerprint density at radius 2 is 2.21 bits per heavy atom. The summed E-state index contributed by atoms with van der Waals surface area (Å²) in [5.41, 5.74) is 0.350. The maximum Gasteiger partial charge on any atom is 0.374 e. The van der Waals surface area contributed by atoms with Crippen LogP contribution in [0.5, 0.6) is 0 Å². The van der Waals surface area contributed by atoms with E-state index in [-0.39, 0.29) is 10.9 Å². The predicted molar refractivity (Wildman–Crippen MR) is 66.9 cm³/mol. The van der Waals surface area contributed by atoms with Gasteiger partial charge in [0, 0.05) is 6.20 Å². The van der Waals surface area contributed by atoms with Crippen LogP contribution < -0.4 is 5.32 Å². The molecule has 0 fully saturated rings. The molecule has 1 amide bonds. The Kier molecular flexibility index (Phi) is 4.15. The molecule has 0 aliphatic carbocycles. The molecule has 2 aromatic rings. The van der Waals surface area contributed by atoms with E-state index >= 15 is 0 Å². The van der Waals surface area contributed by atoms with Gasteiger partial charge in [0.1, 0.15) is 0 Å². The van der Waals surface area contributed by atoms with Crippen molar-refractivity contribution < 1.29 is 18.7 Å². The number of pyridine rings is 1. The molecular formula is C12H9ClN2O4. The Balaban J connectivity index is 1.86. The van der Waals surface area contributed by atoms with Crippen LogP contribution in [-0.4, -0.2) is 23.5 Å². The summed E-state index contributed by atoms with van der Waals surface area (Å²) in [5.74, 6) is -1.19. The average molecular weight is 281 g/mol. The second-order valence-electron chi connectivity index (χ2n) is 3.44. The van der Waals surface area contributed by atoms with Crippen molar-refractivity contribution in [3.8, 4) is 0 Å².